The average Bonchev–Trinajstić information content (AvgIpc) is 2.04. The van der Waals surface area contributed by atoms with Gasteiger partial charge in [0.25, 0.3) is 0 Å². The molecule has 78 valence electrons. The Morgan fingerprint density at radius 2 is 1.92 bits per heavy atom. The van der Waals surface area contributed by atoms with E-state index in [0.717, 1.165) is 25.9 Å². The van der Waals surface area contributed by atoms with E-state index in [0.29, 0.717) is 12.5 Å². The van der Waals surface area contributed by atoms with Crippen LogP contribution in [0.15, 0.2) is 0 Å². The van der Waals surface area contributed by atoms with Crippen LogP contribution in [-0.2, 0) is 10.0 Å². The average molecular weight is 206 g/mol. The molecule has 13 heavy (non-hydrogen) atoms. The second-order valence-electron chi connectivity index (χ2n) is 3.74. The summed E-state index contributed by atoms with van der Waals surface area (Å²) in [6.07, 6.45) is 3.42. The van der Waals surface area contributed by atoms with Crippen molar-refractivity contribution in [2.45, 2.75) is 12.8 Å². The minimum absolute atomic E-state index is 0.529. The molecule has 4 nitrogen and oxygen atoms in total. The molecule has 1 aliphatic rings. The molecule has 0 spiro atoms. The van der Waals surface area contributed by atoms with Gasteiger partial charge in [-0.2, -0.15) is 0 Å². The van der Waals surface area contributed by atoms with Crippen molar-refractivity contribution >= 4 is 10.0 Å². The van der Waals surface area contributed by atoms with E-state index in [1.165, 1.54) is 10.6 Å². The molecule has 0 aliphatic carbocycles. The highest BCUT2D eigenvalue weighted by molar-refractivity contribution is 7.88. The van der Waals surface area contributed by atoms with E-state index in [9.17, 15) is 8.42 Å². The normalized spacial score (nSPS) is 20.8. The zero-order valence-electron chi connectivity index (χ0n) is 8.28. The van der Waals surface area contributed by atoms with Crippen LogP contribution in [0.1, 0.15) is 12.8 Å². The molecule has 0 aromatic rings. The molecule has 0 aromatic carbocycles. The van der Waals surface area contributed by atoms with Gasteiger partial charge in [-0.1, -0.05) is 0 Å². The van der Waals surface area contributed by atoms with Crippen LogP contribution < -0.4 is 5.32 Å². The summed E-state index contributed by atoms with van der Waals surface area (Å²) in [5.74, 6) is 0.529. The van der Waals surface area contributed by atoms with Crippen LogP contribution in [0.5, 0.6) is 0 Å². The van der Waals surface area contributed by atoms with E-state index < -0.39 is 10.0 Å². The molecule has 1 fully saturated rings. The molecular weight excluding hydrogens is 188 g/mol. The lowest BCUT2D eigenvalue weighted by Crippen LogP contribution is -2.36. The Morgan fingerprint density at radius 3 is 2.38 bits per heavy atom. The number of sulfonamides is 1. The van der Waals surface area contributed by atoms with Gasteiger partial charge >= 0.3 is 0 Å². The van der Waals surface area contributed by atoms with E-state index >= 15 is 0 Å². The first-order valence-electron chi connectivity index (χ1n) is 4.62. The fourth-order valence-electron chi connectivity index (χ4n) is 1.56. The Morgan fingerprint density at radius 1 is 1.38 bits per heavy atom. The first-order valence-corrected chi connectivity index (χ1v) is 6.47. The quantitative estimate of drug-likeness (QED) is 0.700. The molecule has 1 aliphatic heterocycles. The third-order valence-corrected chi connectivity index (χ3v) is 3.82. The van der Waals surface area contributed by atoms with E-state index in [4.69, 9.17) is 0 Å². The Labute approximate surface area is 80.4 Å². The second kappa shape index (κ2) is 4.39. The van der Waals surface area contributed by atoms with Crippen molar-refractivity contribution in [2.24, 2.45) is 5.92 Å². The lowest BCUT2D eigenvalue weighted by Gasteiger charge is -2.26. The highest BCUT2D eigenvalue weighted by Crippen LogP contribution is 2.13. The molecule has 0 aromatic heterocycles. The fraction of sp³-hybridized carbons (Fsp3) is 1.00. The molecule has 1 N–H and O–H groups in total. The monoisotopic (exact) mass is 206 g/mol. The topological polar surface area (TPSA) is 49.4 Å². The summed E-state index contributed by atoms with van der Waals surface area (Å²) in [5.41, 5.74) is 0. The van der Waals surface area contributed by atoms with Gasteiger partial charge in [0.15, 0.2) is 0 Å². The van der Waals surface area contributed by atoms with Crippen LogP contribution in [0.2, 0.25) is 0 Å². The van der Waals surface area contributed by atoms with Crippen molar-refractivity contribution < 1.29 is 8.42 Å². The second-order valence-corrected chi connectivity index (χ2v) is 5.83. The van der Waals surface area contributed by atoms with Gasteiger partial charge in [-0.15, -0.1) is 0 Å². The van der Waals surface area contributed by atoms with E-state index in [1.807, 2.05) is 0 Å². The summed E-state index contributed by atoms with van der Waals surface area (Å²) in [6.45, 7) is 2.70. The van der Waals surface area contributed by atoms with Crippen LogP contribution in [0.3, 0.4) is 0 Å². The molecule has 0 unspecified atom stereocenters. The zero-order chi connectivity index (χ0) is 9.90. The van der Waals surface area contributed by atoms with Gasteiger partial charge in [0, 0.05) is 13.6 Å². The van der Waals surface area contributed by atoms with Gasteiger partial charge < -0.3 is 5.32 Å². The molecule has 1 heterocycles. The number of piperidine rings is 1. The maximum absolute atomic E-state index is 11.1. The highest BCUT2D eigenvalue weighted by Gasteiger charge is 2.19. The Kier molecular flexibility index (Phi) is 3.70. The van der Waals surface area contributed by atoms with E-state index in [2.05, 4.69) is 5.32 Å². The molecule has 5 heteroatoms. The van der Waals surface area contributed by atoms with Crippen LogP contribution in [-0.4, -0.2) is 45.7 Å². The van der Waals surface area contributed by atoms with Crippen LogP contribution in [0, 0.1) is 5.92 Å². The Hall–Kier alpha value is -0.130. The molecule has 0 atom stereocenters. The first-order chi connectivity index (χ1) is 6.00. The summed E-state index contributed by atoms with van der Waals surface area (Å²) in [5, 5.41) is 3.26. The molecule has 0 saturated carbocycles. The van der Waals surface area contributed by atoms with Gasteiger partial charge in [-0.3, -0.25) is 0 Å². The van der Waals surface area contributed by atoms with Crippen molar-refractivity contribution in [3.8, 4) is 0 Å². The number of hydrogen-bond acceptors (Lipinski definition) is 3. The molecule has 1 rings (SSSR count). The standard InChI is InChI=1S/C8H18N2O2S/c1-10(13(2,11)12)7-8-3-5-9-6-4-8/h8-9H,3-7H2,1-2H3. The van der Waals surface area contributed by atoms with Crippen molar-refractivity contribution in [3.05, 3.63) is 0 Å². The Balaban J connectivity index is 2.39. The molecule has 0 bridgehead atoms. The van der Waals surface area contributed by atoms with Crippen molar-refractivity contribution in [2.75, 3.05) is 32.9 Å². The molecule has 1 saturated heterocycles. The highest BCUT2D eigenvalue weighted by atomic mass is 32.2. The summed E-state index contributed by atoms with van der Waals surface area (Å²) in [6, 6.07) is 0. The van der Waals surface area contributed by atoms with Crippen LogP contribution in [0.4, 0.5) is 0 Å². The SMILES string of the molecule is CN(CC1CCNCC1)S(C)(=O)=O. The van der Waals surface area contributed by atoms with Crippen LogP contribution >= 0.6 is 0 Å². The molecule has 0 radical (unpaired) electrons. The summed E-state index contributed by atoms with van der Waals surface area (Å²) in [4.78, 5) is 0. The number of nitrogens with zero attached hydrogens (tertiary/aromatic N) is 1. The van der Waals surface area contributed by atoms with Gasteiger partial charge in [0.05, 0.1) is 6.26 Å². The van der Waals surface area contributed by atoms with Crippen molar-refractivity contribution in [1.29, 1.82) is 0 Å². The van der Waals surface area contributed by atoms with Gasteiger partial charge in [-0.25, -0.2) is 12.7 Å². The van der Waals surface area contributed by atoms with Crippen molar-refractivity contribution in [1.82, 2.24) is 9.62 Å². The summed E-state index contributed by atoms with van der Waals surface area (Å²) < 4.78 is 23.7. The molecular formula is C8H18N2O2S. The number of nitrogens with one attached hydrogen (secondary N) is 1. The van der Waals surface area contributed by atoms with Gasteiger partial charge in [-0.05, 0) is 31.8 Å². The fourth-order valence-corrected chi connectivity index (χ4v) is 2.04. The summed E-state index contributed by atoms with van der Waals surface area (Å²) >= 11 is 0. The van der Waals surface area contributed by atoms with E-state index in [-0.39, 0.29) is 0 Å². The first kappa shape index (κ1) is 10.9. The minimum Gasteiger partial charge on any atom is -0.317 e. The Bertz CT molecular complexity index is 245. The number of hydrogen-bond donors (Lipinski definition) is 1. The maximum atomic E-state index is 11.1. The predicted molar refractivity (Wildman–Crippen MR) is 53.1 cm³/mol. The largest absolute Gasteiger partial charge is 0.317 e. The lowest BCUT2D eigenvalue weighted by atomic mass is 9.98. The van der Waals surface area contributed by atoms with E-state index in [1.54, 1.807) is 7.05 Å². The van der Waals surface area contributed by atoms with Crippen molar-refractivity contribution in [3.63, 3.8) is 0 Å². The number of rotatable bonds is 3. The van der Waals surface area contributed by atoms with Crippen LogP contribution in [0.25, 0.3) is 0 Å². The third kappa shape index (κ3) is 3.62. The minimum atomic E-state index is -2.99. The smallest absolute Gasteiger partial charge is 0.210 e. The zero-order valence-corrected chi connectivity index (χ0v) is 9.10. The predicted octanol–water partition coefficient (Wildman–Crippen LogP) is -0.123. The summed E-state index contributed by atoms with van der Waals surface area (Å²) in [7, 11) is -1.34. The van der Waals surface area contributed by atoms with Gasteiger partial charge in [0.1, 0.15) is 0 Å². The van der Waals surface area contributed by atoms with Gasteiger partial charge in [0.2, 0.25) is 10.0 Å². The lowest BCUT2D eigenvalue weighted by molar-refractivity contribution is 0.312. The molecule has 0 amide bonds. The maximum Gasteiger partial charge on any atom is 0.210 e. The third-order valence-electron chi connectivity index (χ3n) is 2.54.